The number of rotatable bonds is 3. The average molecular weight is 421 g/mol. The topological polar surface area (TPSA) is 28.4 Å². The Morgan fingerprint density at radius 2 is 1.83 bits per heavy atom. The van der Waals surface area contributed by atoms with Crippen molar-refractivity contribution in [2.75, 3.05) is 6.54 Å². The molecule has 3 nitrogen and oxygen atoms in total. The van der Waals surface area contributed by atoms with Crippen LogP contribution in [0.4, 0.5) is 13.2 Å². The van der Waals surface area contributed by atoms with Crippen molar-refractivity contribution in [1.82, 2.24) is 9.47 Å². The van der Waals surface area contributed by atoms with Gasteiger partial charge in [-0.1, -0.05) is 29.8 Å². The molecule has 0 radical (unpaired) electrons. The van der Waals surface area contributed by atoms with Crippen LogP contribution in [0.25, 0.3) is 0 Å². The van der Waals surface area contributed by atoms with Crippen LogP contribution < -0.4 is 0 Å². The van der Waals surface area contributed by atoms with Crippen molar-refractivity contribution >= 4 is 11.6 Å². The number of fused-ring (bicyclic) bond motifs is 1. The van der Waals surface area contributed by atoms with E-state index in [1.807, 2.05) is 27.8 Å². The predicted molar refractivity (Wildman–Crippen MR) is 106 cm³/mol. The molecule has 3 aromatic rings. The van der Waals surface area contributed by atoms with Crippen LogP contribution in [-0.4, -0.2) is 21.1 Å². The highest BCUT2D eigenvalue weighted by molar-refractivity contribution is 6.30. The van der Waals surface area contributed by atoms with E-state index in [2.05, 4.69) is 0 Å². The first-order valence-corrected chi connectivity index (χ1v) is 9.75. The molecule has 2 heterocycles. The molecule has 0 amide bonds. The van der Waals surface area contributed by atoms with Crippen molar-refractivity contribution in [3.63, 3.8) is 0 Å². The number of hydrogen-bond donors (Lipinski definition) is 1. The predicted octanol–water partition coefficient (Wildman–Crippen LogP) is 5.86. The number of phenolic OH excluding ortho intramolecular Hbond substituents is 1. The van der Waals surface area contributed by atoms with Gasteiger partial charge in [-0.2, -0.15) is 13.2 Å². The molecule has 29 heavy (non-hydrogen) atoms. The van der Waals surface area contributed by atoms with Gasteiger partial charge in [0.2, 0.25) is 0 Å². The summed E-state index contributed by atoms with van der Waals surface area (Å²) in [5.41, 5.74) is 0.969. The van der Waals surface area contributed by atoms with Crippen LogP contribution >= 0.6 is 11.6 Å². The van der Waals surface area contributed by atoms with Crippen molar-refractivity contribution in [3.8, 4) is 5.75 Å². The minimum atomic E-state index is -4.45. The molecule has 0 bridgehead atoms. The quantitative estimate of drug-likeness (QED) is 0.574. The molecule has 1 aliphatic rings. The van der Waals surface area contributed by atoms with Gasteiger partial charge < -0.3 is 9.67 Å². The number of alkyl halides is 3. The number of hydrogen-bond acceptors (Lipinski definition) is 2. The zero-order chi connectivity index (χ0) is 20.6. The molecule has 0 aliphatic carbocycles. The van der Waals surface area contributed by atoms with E-state index in [-0.39, 0.29) is 17.9 Å². The summed E-state index contributed by atoms with van der Waals surface area (Å²) in [6.45, 7) is 1.60. The Bertz CT molecular complexity index is 1020. The third-order valence-electron chi connectivity index (χ3n) is 5.33. The summed E-state index contributed by atoms with van der Waals surface area (Å²) in [5.74, 6) is 0.0805. The second kappa shape index (κ2) is 7.76. The van der Waals surface area contributed by atoms with Crippen LogP contribution in [0.3, 0.4) is 0 Å². The summed E-state index contributed by atoms with van der Waals surface area (Å²) < 4.78 is 43.4. The third kappa shape index (κ3) is 4.00. The van der Waals surface area contributed by atoms with Gasteiger partial charge in [0.15, 0.2) is 0 Å². The van der Waals surface area contributed by atoms with Crippen LogP contribution in [0, 0.1) is 0 Å². The molecular formula is C22H20ClF3N2O. The van der Waals surface area contributed by atoms with Crippen LogP contribution in [0.5, 0.6) is 5.75 Å². The number of aryl methyl sites for hydroxylation is 1. The number of nitrogens with zero attached hydrogens (tertiary/aromatic N) is 2. The van der Waals surface area contributed by atoms with Crippen molar-refractivity contribution in [2.24, 2.45) is 0 Å². The van der Waals surface area contributed by atoms with E-state index in [9.17, 15) is 18.3 Å². The molecular weight excluding hydrogens is 401 g/mol. The summed E-state index contributed by atoms with van der Waals surface area (Å²) in [6, 6.07) is 13.6. The lowest BCUT2D eigenvalue weighted by Gasteiger charge is -2.32. The van der Waals surface area contributed by atoms with Crippen molar-refractivity contribution in [1.29, 1.82) is 0 Å². The second-order valence-electron chi connectivity index (χ2n) is 7.21. The molecule has 4 rings (SSSR count). The van der Waals surface area contributed by atoms with Gasteiger partial charge in [-0.15, -0.1) is 0 Å². The second-order valence-corrected chi connectivity index (χ2v) is 7.65. The van der Waals surface area contributed by atoms with Crippen molar-refractivity contribution < 1.29 is 18.3 Å². The van der Waals surface area contributed by atoms with Gasteiger partial charge in [-0.05, 0) is 48.4 Å². The van der Waals surface area contributed by atoms with Crippen LogP contribution in [0.15, 0.2) is 60.8 Å². The van der Waals surface area contributed by atoms with E-state index >= 15 is 0 Å². The van der Waals surface area contributed by atoms with Gasteiger partial charge in [-0.25, -0.2) is 0 Å². The van der Waals surface area contributed by atoms with E-state index in [1.165, 1.54) is 12.1 Å². The molecule has 0 fully saturated rings. The zero-order valence-electron chi connectivity index (χ0n) is 15.5. The number of halogens is 4. The molecule has 1 unspecified atom stereocenters. The van der Waals surface area contributed by atoms with Crippen molar-refractivity contribution in [2.45, 2.75) is 31.7 Å². The summed E-state index contributed by atoms with van der Waals surface area (Å²) in [6.07, 6.45) is -1.77. The first kappa shape index (κ1) is 19.9. The first-order valence-electron chi connectivity index (χ1n) is 9.37. The van der Waals surface area contributed by atoms with Gasteiger partial charge in [0, 0.05) is 42.1 Å². The molecule has 1 aliphatic heterocycles. The monoisotopic (exact) mass is 420 g/mol. The minimum Gasteiger partial charge on any atom is -0.508 e. The van der Waals surface area contributed by atoms with Crippen molar-refractivity contribution in [3.05, 3.63) is 88.2 Å². The Morgan fingerprint density at radius 3 is 2.62 bits per heavy atom. The Kier molecular flexibility index (Phi) is 5.32. The van der Waals surface area contributed by atoms with Crippen LogP contribution in [-0.2, 0) is 19.3 Å². The summed E-state index contributed by atoms with van der Waals surface area (Å²) in [5, 5.41) is 10.7. The molecule has 0 saturated heterocycles. The fourth-order valence-corrected chi connectivity index (χ4v) is 4.25. The van der Waals surface area contributed by atoms with E-state index < -0.39 is 17.8 Å². The van der Waals surface area contributed by atoms with Gasteiger partial charge in [0.1, 0.15) is 5.75 Å². The van der Waals surface area contributed by atoms with Crippen LogP contribution in [0.1, 0.15) is 34.8 Å². The van der Waals surface area contributed by atoms with Gasteiger partial charge in [-0.3, -0.25) is 4.90 Å². The van der Waals surface area contributed by atoms with E-state index in [1.54, 1.807) is 24.3 Å². The normalized spacial score (nSPS) is 17.7. The summed E-state index contributed by atoms with van der Waals surface area (Å²) >= 11 is 6.09. The molecule has 2 aromatic carbocycles. The Labute approximate surface area is 172 Å². The van der Waals surface area contributed by atoms with Gasteiger partial charge in [0.25, 0.3) is 0 Å². The number of phenols is 1. The molecule has 1 N–H and O–H groups in total. The summed E-state index contributed by atoms with van der Waals surface area (Å²) in [4.78, 5) is 1.98. The molecule has 7 heteroatoms. The first-order chi connectivity index (χ1) is 13.8. The molecule has 1 atom stereocenters. The molecule has 1 aromatic heterocycles. The van der Waals surface area contributed by atoms with E-state index in [0.717, 1.165) is 24.7 Å². The lowest BCUT2D eigenvalue weighted by Crippen LogP contribution is -2.31. The third-order valence-corrected chi connectivity index (χ3v) is 5.57. The molecule has 0 saturated carbocycles. The smallest absolute Gasteiger partial charge is 0.416 e. The van der Waals surface area contributed by atoms with E-state index in [4.69, 9.17) is 11.6 Å². The minimum absolute atomic E-state index is 0.0805. The SMILES string of the molecule is Oc1ccc(Cl)cc1CN1CCCn2cccc2C1c1ccccc1C(F)(F)F. The number of benzene rings is 2. The summed E-state index contributed by atoms with van der Waals surface area (Å²) in [7, 11) is 0. The van der Waals surface area contributed by atoms with E-state index in [0.29, 0.717) is 17.1 Å². The molecule has 0 spiro atoms. The average Bonchev–Trinajstić information content (AvgIpc) is 3.05. The van der Waals surface area contributed by atoms with Gasteiger partial charge >= 0.3 is 6.18 Å². The lowest BCUT2D eigenvalue weighted by atomic mass is 9.95. The molecule has 152 valence electrons. The maximum atomic E-state index is 13.8. The fourth-order valence-electron chi connectivity index (χ4n) is 4.06. The van der Waals surface area contributed by atoms with Gasteiger partial charge in [0.05, 0.1) is 11.6 Å². The lowest BCUT2D eigenvalue weighted by molar-refractivity contribution is -0.138. The highest BCUT2D eigenvalue weighted by Crippen LogP contribution is 2.41. The Hall–Kier alpha value is -2.44. The largest absolute Gasteiger partial charge is 0.508 e. The van der Waals surface area contributed by atoms with Crippen LogP contribution in [0.2, 0.25) is 5.02 Å². The Balaban J connectivity index is 1.84. The fraction of sp³-hybridized carbons (Fsp3) is 0.273. The maximum Gasteiger partial charge on any atom is 0.416 e. The standard InChI is InChI=1S/C22H20ClF3N2O/c23-16-8-9-20(29)15(13-16)14-28-12-4-11-27-10-3-7-19(27)21(28)17-5-1-2-6-18(17)22(24,25)26/h1-3,5-10,13,21,29H,4,11-12,14H2. The maximum absolute atomic E-state index is 13.8. The highest BCUT2D eigenvalue weighted by atomic mass is 35.5. The highest BCUT2D eigenvalue weighted by Gasteiger charge is 2.38. The Morgan fingerprint density at radius 1 is 1.03 bits per heavy atom. The number of aromatic hydroxyl groups is 1. The zero-order valence-corrected chi connectivity index (χ0v) is 16.3. The number of aromatic nitrogens is 1.